The van der Waals surface area contributed by atoms with Crippen LogP contribution in [-0.4, -0.2) is 51.0 Å². The van der Waals surface area contributed by atoms with Crippen molar-refractivity contribution >= 4 is 0 Å². The Labute approximate surface area is 230 Å². The Morgan fingerprint density at radius 3 is 2.16 bits per heavy atom. The number of ether oxygens (including phenoxy) is 2. The lowest BCUT2D eigenvalue weighted by molar-refractivity contribution is -0.112. The Morgan fingerprint density at radius 1 is 0.892 bits per heavy atom. The first-order chi connectivity index (χ1) is 17.1. The molecule has 0 aromatic heterocycles. The van der Waals surface area contributed by atoms with E-state index in [1.165, 1.54) is 57.8 Å². The third-order valence-corrected chi connectivity index (χ3v) is 13.8. The smallest absolute Gasteiger partial charge is 0.0749 e. The van der Waals surface area contributed by atoms with Crippen LogP contribution in [0.25, 0.3) is 0 Å². The Bertz CT molecular complexity index is 873. The highest BCUT2D eigenvalue weighted by molar-refractivity contribution is 5.38. The summed E-state index contributed by atoms with van der Waals surface area (Å²) < 4.78 is 12.1. The molecule has 4 rings (SSSR count). The van der Waals surface area contributed by atoms with E-state index < -0.39 is 0 Å². The van der Waals surface area contributed by atoms with Gasteiger partial charge in [0, 0.05) is 19.8 Å². The van der Waals surface area contributed by atoms with Crippen LogP contribution in [0, 0.1) is 39.4 Å². The van der Waals surface area contributed by atoms with E-state index in [0.29, 0.717) is 22.3 Å². The molecule has 2 saturated carbocycles. The molecule has 0 amide bonds. The summed E-state index contributed by atoms with van der Waals surface area (Å²) in [5, 5.41) is 0. The summed E-state index contributed by atoms with van der Waals surface area (Å²) in [6.45, 7) is 20.3. The van der Waals surface area contributed by atoms with Crippen LogP contribution in [0.15, 0.2) is 11.1 Å². The van der Waals surface area contributed by atoms with Gasteiger partial charge in [-0.2, -0.15) is 0 Å². The van der Waals surface area contributed by atoms with Gasteiger partial charge in [-0.1, -0.05) is 52.7 Å². The number of fused-ring (bicyclic) bond motifs is 4. The number of nitrogens with zero attached hydrogens (tertiary/aromatic N) is 1. The van der Waals surface area contributed by atoms with Gasteiger partial charge in [0.1, 0.15) is 0 Å². The second-order valence-electron chi connectivity index (χ2n) is 15.8. The average molecular weight is 516 g/mol. The number of rotatable bonds is 8. The van der Waals surface area contributed by atoms with Crippen molar-refractivity contribution in [3.63, 3.8) is 0 Å². The summed E-state index contributed by atoms with van der Waals surface area (Å²) in [5.41, 5.74) is 5.27. The molecule has 0 heterocycles. The maximum absolute atomic E-state index is 6.05. The van der Waals surface area contributed by atoms with Crippen molar-refractivity contribution in [3.8, 4) is 0 Å². The number of hydrogen-bond donors (Lipinski definition) is 0. The van der Waals surface area contributed by atoms with E-state index in [9.17, 15) is 0 Å². The van der Waals surface area contributed by atoms with Crippen molar-refractivity contribution in [1.29, 1.82) is 0 Å². The molecule has 4 aliphatic rings. The first-order valence-electron chi connectivity index (χ1n) is 15.6. The minimum atomic E-state index is 0.0524. The summed E-state index contributed by atoms with van der Waals surface area (Å²) in [7, 11) is 8.21. The van der Waals surface area contributed by atoms with Crippen molar-refractivity contribution < 1.29 is 9.47 Å². The monoisotopic (exact) mass is 515 g/mol. The minimum Gasteiger partial charge on any atom is -0.381 e. The molecule has 0 bridgehead atoms. The number of methoxy groups -OCH3 is 2. The normalized spacial score (nSPS) is 41.3. The number of allylic oxidation sites excluding steroid dienone is 2. The maximum Gasteiger partial charge on any atom is 0.0749 e. The zero-order chi connectivity index (χ0) is 27.6. The van der Waals surface area contributed by atoms with Crippen molar-refractivity contribution in [2.75, 3.05) is 28.3 Å². The molecule has 0 saturated heterocycles. The summed E-state index contributed by atoms with van der Waals surface area (Å²) in [6.07, 6.45) is 13.8. The van der Waals surface area contributed by atoms with Gasteiger partial charge in [0.15, 0.2) is 0 Å². The van der Waals surface area contributed by atoms with Crippen LogP contribution in [0.3, 0.4) is 0 Å². The third kappa shape index (κ3) is 4.31. The topological polar surface area (TPSA) is 21.7 Å². The van der Waals surface area contributed by atoms with Crippen LogP contribution in [-0.2, 0) is 9.47 Å². The lowest BCUT2D eigenvalue weighted by Crippen LogP contribution is -2.55. The molecule has 2 unspecified atom stereocenters. The molecule has 0 aromatic rings. The van der Waals surface area contributed by atoms with Crippen molar-refractivity contribution in [2.45, 2.75) is 137 Å². The predicted octanol–water partition coefficient (Wildman–Crippen LogP) is 8.52. The van der Waals surface area contributed by atoms with Crippen LogP contribution in [0.2, 0.25) is 0 Å². The fourth-order valence-corrected chi connectivity index (χ4v) is 10.7. The largest absolute Gasteiger partial charge is 0.381 e. The summed E-state index contributed by atoms with van der Waals surface area (Å²) in [4.78, 5) is 2.33. The van der Waals surface area contributed by atoms with E-state index in [2.05, 4.69) is 74.4 Å². The number of likely N-dealkylation sites (N-methyl/N-ethyl adjacent to an activating group) is 1. The van der Waals surface area contributed by atoms with Crippen LogP contribution in [0.5, 0.6) is 0 Å². The Kier molecular flexibility index (Phi) is 7.93. The van der Waals surface area contributed by atoms with E-state index in [0.717, 1.165) is 24.2 Å². The molecule has 214 valence electrons. The highest BCUT2D eigenvalue weighted by atomic mass is 16.5. The van der Waals surface area contributed by atoms with Crippen LogP contribution >= 0.6 is 0 Å². The van der Waals surface area contributed by atoms with Gasteiger partial charge < -0.3 is 14.4 Å². The van der Waals surface area contributed by atoms with E-state index in [4.69, 9.17) is 9.47 Å². The molecule has 0 N–H and O–H groups in total. The van der Waals surface area contributed by atoms with E-state index >= 15 is 0 Å². The standard InChI is InChI=1S/C34H61NO2/c1-23(13-16-29(37-12)31(4,5)35(9)10)24-17-21-34(8)26-14-15-27-30(2,3)28(36-11)19-20-32(27,6)25(26)18-22-33(24,34)7/h23-24,27-29H,13-22H2,1-12H3/t23-,24-,27?,28+,29?,32-,33-,34+/m1/s1. The highest BCUT2D eigenvalue weighted by Crippen LogP contribution is 2.72. The molecule has 0 aromatic carbocycles. The van der Waals surface area contributed by atoms with Crippen molar-refractivity contribution in [1.82, 2.24) is 4.90 Å². The molecule has 3 nitrogen and oxygen atoms in total. The van der Waals surface area contributed by atoms with Crippen LogP contribution < -0.4 is 0 Å². The SMILES string of the molecule is COC(CC[C@@H](C)[C@H]1CC[C@@]2(C)C3=C(CC[C@]12C)[C@@]1(C)CC[C@H](OC)C(C)(C)C1CC3)C(C)(C)N(C)C. The molecule has 4 aliphatic carbocycles. The van der Waals surface area contributed by atoms with E-state index in [1.54, 1.807) is 0 Å². The van der Waals surface area contributed by atoms with Gasteiger partial charge in [-0.3, -0.25) is 0 Å². The van der Waals surface area contributed by atoms with Crippen molar-refractivity contribution in [3.05, 3.63) is 11.1 Å². The molecule has 8 atom stereocenters. The fraction of sp³-hybridized carbons (Fsp3) is 0.941. The van der Waals surface area contributed by atoms with Gasteiger partial charge in [-0.05, 0) is 132 Å². The Balaban J connectivity index is 1.57. The quantitative estimate of drug-likeness (QED) is 0.302. The average Bonchev–Trinajstić information content (AvgIpc) is 3.10. The highest BCUT2D eigenvalue weighted by Gasteiger charge is 2.63. The maximum atomic E-state index is 6.05. The molecule has 0 aliphatic heterocycles. The van der Waals surface area contributed by atoms with Gasteiger partial charge >= 0.3 is 0 Å². The molecule has 37 heavy (non-hydrogen) atoms. The van der Waals surface area contributed by atoms with Crippen LogP contribution in [0.4, 0.5) is 0 Å². The summed E-state index contributed by atoms with van der Waals surface area (Å²) >= 11 is 0. The fourth-order valence-electron chi connectivity index (χ4n) is 10.7. The molecular weight excluding hydrogens is 454 g/mol. The Morgan fingerprint density at radius 2 is 1.57 bits per heavy atom. The predicted molar refractivity (Wildman–Crippen MR) is 157 cm³/mol. The lowest BCUT2D eigenvalue weighted by atomic mass is 9.43. The molecular formula is C34H61NO2. The van der Waals surface area contributed by atoms with Gasteiger partial charge in [0.05, 0.1) is 12.2 Å². The van der Waals surface area contributed by atoms with Gasteiger partial charge in [0.2, 0.25) is 0 Å². The van der Waals surface area contributed by atoms with Gasteiger partial charge in [0.25, 0.3) is 0 Å². The second kappa shape index (κ2) is 9.91. The first kappa shape index (κ1) is 29.6. The van der Waals surface area contributed by atoms with Gasteiger partial charge in [-0.15, -0.1) is 0 Å². The minimum absolute atomic E-state index is 0.0524. The summed E-state index contributed by atoms with van der Waals surface area (Å²) in [6, 6.07) is 0. The molecule has 2 fully saturated rings. The zero-order valence-electron chi connectivity index (χ0n) is 26.7. The lowest BCUT2D eigenvalue weighted by Gasteiger charge is -2.62. The second-order valence-corrected chi connectivity index (χ2v) is 15.8. The number of hydrogen-bond acceptors (Lipinski definition) is 3. The molecule has 0 spiro atoms. The molecule has 3 heteroatoms. The van der Waals surface area contributed by atoms with Gasteiger partial charge in [-0.25, -0.2) is 0 Å². The molecule has 0 radical (unpaired) electrons. The van der Waals surface area contributed by atoms with E-state index in [-0.39, 0.29) is 17.1 Å². The summed E-state index contributed by atoms with van der Waals surface area (Å²) in [5.74, 6) is 2.30. The third-order valence-electron chi connectivity index (χ3n) is 13.8. The van der Waals surface area contributed by atoms with E-state index in [1.807, 2.05) is 25.4 Å². The Hall–Kier alpha value is -0.380. The van der Waals surface area contributed by atoms with Crippen LogP contribution in [0.1, 0.15) is 120 Å². The first-order valence-corrected chi connectivity index (χ1v) is 15.6. The zero-order valence-corrected chi connectivity index (χ0v) is 26.7. The van der Waals surface area contributed by atoms with Crippen molar-refractivity contribution in [2.24, 2.45) is 39.4 Å².